The number of aliphatic hydroxyl groups is 1. The molecule has 3 nitrogen and oxygen atoms in total. The fourth-order valence-electron chi connectivity index (χ4n) is 2.18. The molecule has 1 heterocycles. The number of hydrogen-bond acceptors (Lipinski definition) is 3. The molecule has 0 saturated carbocycles. The number of fused-ring (bicyclic) bond motifs is 1. The van der Waals surface area contributed by atoms with Gasteiger partial charge in [-0.1, -0.05) is 6.07 Å². The molecule has 0 bridgehead atoms. The van der Waals surface area contributed by atoms with Crippen molar-refractivity contribution in [1.82, 2.24) is 0 Å². The molecule has 0 saturated heterocycles. The summed E-state index contributed by atoms with van der Waals surface area (Å²) in [6.07, 6.45) is 1.98. The first-order valence-corrected chi connectivity index (χ1v) is 5.48. The molecule has 3 heteroatoms. The van der Waals surface area contributed by atoms with Gasteiger partial charge in [0.25, 0.3) is 0 Å². The third kappa shape index (κ3) is 2.23. The normalized spacial score (nSPS) is 17.3. The maximum atomic E-state index is 9.43. The molecule has 3 N–H and O–H groups in total. The van der Waals surface area contributed by atoms with Gasteiger partial charge in [-0.25, -0.2) is 0 Å². The third-order valence-electron chi connectivity index (χ3n) is 2.81. The monoisotopic (exact) mass is 206 g/mol. The molecular weight excluding hydrogens is 188 g/mol. The highest BCUT2D eigenvalue weighted by Gasteiger charge is 2.17. The molecule has 0 radical (unpaired) electrons. The number of anilines is 2. The Hall–Kier alpha value is -1.22. The van der Waals surface area contributed by atoms with Gasteiger partial charge in [-0.2, -0.15) is 0 Å². The van der Waals surface area contributed by atoms with Crippen molar-refractivity contribution in [2.75, 3.05) is 23.7 Å². The van der Waals surface area contributed by atoms with Crippen molar-refractivity contribution in [2.24, 2.45) is 0 Å². The van der Waals surface area contributed by atoms with Crippen molar-refractivity contribution >= 4 is 11.4 Å². The van der Waals surface area contributed by atoms with Crippen molar-refractivity contribution in [1.29, 1.82) is 0 Å². The molecule has 0 aromatic heterocycles. The van der Waals surface area contributed by atoms with Crippen LogP contribution in [0.2, 0.25) is 0 Å². The average molecular weight is 206 g/mol. The zero-order chi connectivity index (χ0) is 10.8. The Labute approximate surface area is 90.5 Å². The minimum absolute atomic E-state index is 0.294. The van der Waals surface area contributed by atoms with Crippen LogP contribution in [0.5, 0.6) is 0 Å². The number of nitrogens with two attached hydrogens (primary N) is 1. The molecule has 1 aliphatic rings. The largest absolute Gasteiger partial charge is 0.399 e. The van der Waals surface area contributed by atoms with Gasteiger partial charge in [0.2, 0.25) is 0 Å². The Morgan fingerprint density at radius 3 is 3.07 bits per heavy atom. The lowest BCUT2D eigenvalue weighted by atomic mass is 10.0. The number of aliphatic hydroxyl groups excluding tert-OH is 1. The number of aryl methyl sites for hydroxylation is 1. The second-order valence-electron chi connectivity index (χ2n) is 4.29. The van der Waals surface area contributed by atoms with Crippen molar-refractivity contribution in [2.45, 2.75) is 25.9 Å². The van der Waals surface area contributed by atoms with Crippen LogP contribution in [0.1, 0.15) is 18.9 Å². The van der Waals surface area contributed by atoms with Gasteiger partial charge in [-0.05, 0) is 37.5 Å². The quantitative estimate of drug-likeness (QED) is 0.719. The summed E-state index contributed by atoms with van der Waals surface area (Å²) in [7, 11) is 0. The molecule has 1 unspecified atom stereocenters. The van der Waals surface area contributed by atoms with E-state index in [9.17, 15) is 5.11 Å². The minimum atomic E-state index is -0.294. The standard InChI is InChI=1S/C12H18N2O/c1-9(15)8-14-6-2-3-10-4-5-11(13)7-12(10)14/h4-5,7,9,15H,2-3,6,8,13H2,1H3. The van der Waals surface area contributed by atoms with Gasteiger partial charge >= 0.3 is 0 Å². The first kappa shape index (κ1) is 10.3. The highest BCUT2D eigenvalue weighted by atomic mass is 16.3. The van der Waals surface area contributed by atoms with Crippen LogP contribution in [-0.2, 0) is 6.42 Å². The summed E-state index contributed by atoms with van der Waals surface area (Å²) in [5, 5.41) is 9.43. The Balaban J connectivity index is 2.28. The summed E-state index contributed by atoms with van der Waals surface area (Å²) >= 11 is 0. The van der Waals surface area contributed by atoms with Gasteiger partial charge in [0, 0.05) is 24.5 Å². The van der Waals surface area contributed by atoms with Crippen molar-refractivity contribution in [3.63, 3.8) is 0 Å². The van der Waals surface area contributed by atoms with Crippen LogP contribution in [0.4, 0.5) is 11.4 Å². The van der Waals surface area contributed by atoms with Crippen LogP contribution >= 0.6 is 0 Å². The lowest BCUT2D eigenvalue weighted by molar-refractivity contribution is 0.199. The average Bonchev–Trinajstić information content (AvgIpc) is 2.18. The predicted octanol–water partition coefficient (Wildman–Crippen LogP) is 1.40. The lowest BCUT2D eigenvalue weighted by Gasteiger charge is -2.32. The van der Waals surface area contributed by atoms with E-state index in [1.54, 1.807) is 0 Å². The first-order valence-electron chi connectivity index (χ1n) is 5.48. The van der Waals surface area contributed by atoms with Crippen LogP contribution in [0.15, 0.2) is 18.2 Å². The van der Waals surface area contributed by atoms with Crippen LogP contribution in [0.3, 0.4) is 0 Å². The number of nitrogens with zero attached hydrogens (tertiary/aromatic N) is 1. The Bertz CT molecular complexity index is 349. The predicted molar refractivity (Wildman–Crippen MR) is 63.1 cm³/mol. The van der Waals surface area contributed by atoms with Gasteiger partial charge in [0.1, 0.15) is 0 Å². The molecule has 1 atom stereocenters. The summed E-state index contributed by atoms with van der Waals surface area (Å²) in [4.78, 5) is 2.22. The molecule has 0 spiro atoms. The van der Waals surface area contributed by atoms with Crippen LogP contribution in [0, 0.1) is 0 Å². The summed E-state index contributed by atoms with van der Waals surface area (Å²) in [6, 6.07) is 6.06. The van der Waals surface area contributed by atoms with E-state index in [0.717, 1.165) is 25.1 Å². The molecule has 0 amide bonds. The maximum Gasteiger partial charge on any atom is 0.0687 e. The number of benzene rings is 1. The Kier molecular flexibility index (Phi) is 2.82. The van der Waals surface area contributed by atoms with Crippen LogP contribution < -0.4 is 10.6 Å². The molecule has 1 aliphatic heterocycles. The van der Waals surface area contributed by atoms with Crippen molar-refractivity contribution in [3.05, 3.63) is 23.8 Å². The second-order valence-corrected chi connectivity index (χ2v) is 4.29. The molecule has 0 aliphatic carbocycles. The minimum Gasteiger partial charge on any atom is -0.399 e. The maximum absolute atomic E-state index is 9.43. The molecule has 1 aromatic carbocycles. The van der Waals surface area contributed by atoms with E-state index in [4.69, 9.17) is 5.73 Å². The van der Waals surface area contributed by atoms with Crippen LogP contribution in [-0.4, -0.2) is 24.3 Å². The van der Waals surface area contributed by atoms with E-state index >= 15 is 0 Å². The van der Waals surface area contributed by atoms with Crippen molar-refractivity contribution in [3.8, 4) is 0 Å². The summed E-state index contributed by atoms with van der Waals surface area (Å²) in [6.45, 7) is 3.53. The van der Waals surface area contributed by atoms with Gasteiger partial charge in [-0.3, -0.25) is 0 Å². The van der Waals surface area contributed by atoms with Crippen molar-refractivity contribution < 1.29 is 5.11 Å². The highest BCUT2D eigenvalue weighted by Crippen LogP contribution is 2.28. The highest BCUT2D eigenvalue weighted by molar-refractivity contribution is 5.62. The lowest BCUT2D eigenvalue weighted by Crippen LogP contribution is -2.35. The van der Waals surface area contributed by atoms with E-state index in [2.05, 4.69) is 11.0 Å². The number of nitrogen functional groups attached to an aromatic ring is 1. The van der Waals surface area contributed by atoms with Crippen LogP contribution in [0.25, 0.3) is 0 Å². The topological polar surface area (TPSA) is 49.5 Å². The molecule has 82 valence electrons. The van der Waals surface area contributed by atoms with Gasteiger partial charge in [0.15, 0.2) is 0 Å². The summed E-state index contributed by atoms with van der Waals surface area (Å²) in [5.41, 5.74) is 9.12. The Morgan fingerprint density at radius 2 is 2.33 bits per heavy atom. The van der Waals surface area contributed by atoms with Gasteiger partial charge < -0.3 is 15.7 Å². The first-order chi connectivity index (χ1) is 7.16. The fourth-order valence-corrected chi connectivity index (χ4v) is 2.18. The molecule has 0 fully saturated rings. The van der Waals surface area contributed by atoms with E-state index in [-0.39, 0.29) is 6.10 Å². The molecular formula is C12H18N2O. The zero-order valence-corrected chi connectivity index (χ0v) is 9.11. The second kappa shape index (κ2) is 4.11. The number of β-amino-alcohol motifs (C(OH)–C–C–N with tert-alkyl or cyclic N) is 1. The summed E-state index contributed by atoms with van der Waals surface area (Å²) < 4.78 is 0. The zero-order valence-electron chi connectivity index (χ0n) is 9.11. The van der Waals surface area contributed by atoms with E-state index in [0.29, 0.717) is 6.54 Å². The third-order valence-corrected chi connectivity index (χ3v) is 2.81. The van der Waals surface area contributed by atoms with E-state index in [1.165, 1.54) is 11.3 Å². The Morgan fingerprint density at radius 1 is 1.53 bits per heavy atom. The summed E-state index contributed by atoms with van der Waals surface area (Å²) in [5.74, 6) is 0. The van der Waals surface area contributed by atoms with E-state index in [1.807, 2.05) is 19.1 Å². The van der Waals surface area contributed by atoms with Gasteiger partial charge in [-0.15, -0.1) is 0 Å². The van der Waals surface area contributed by atoms with E-state index < -0.39 is 0 Å². The van der Waals surface area contributed by atoms with Gasteiger partial charge in [0.05, 0.1) is 6.10 Å². The SMILES string of the molecule is CC(O)CN1CCCc2ccc(N)cc21. The smallest absolute Gasteiger partial charge is 0.0687 e. The molecule has 1 aromatic rings. The molecule has 15 heavy (non-hydrogen) atoms. The molecule has 2 rings (SSSR count). The number of hydrogen-bond donors (Lipinski definition) is 2. The fraction of sp³-hybridized carbons (Fsp3) is 0.500. The number of rotatable bonds is 2.